The molecular formula is C16H18BrNO. The molecule has 0 spiro atoms. The monoisotopic (exact) mass is 319 g/mol. The van der Waals surface area contributed by atoms with Gasteiger partial charge in [-0.2, -0.15) is 0 Å². The molecule has 0 heterocycles. The van der Waals surface area contributed by atoms with Gasteiger partial charge in [0.05, 0.1) is 6.10 Å². The molecule has 0 aromatic heterocycles. The molecule has 0 aliphatic carbocycles. The zero-order valence-corrected chi connectivity index (χ0v) is 12.5. The highest BCUT2D eigenvalue weighted by molar-refractivity contribution is 9.10. The van der Waals surface area contributed by atoms with Crippen LogP contribution in [0.1, 0.15) is 17.2 Å². The molecule has 3 heteroatoms. The third kappa shape index (κ3) is 3.90. The number of benzene rings is 2. The van der Waals surface area contributed by atoms with Crippen LogP contribution in [0.5, 0.6) is 0 Å². The molecule has 0 amide bonds. The topological polar surface area (TPSA) is 35.2 Å². The Balaban J connectivity index is 2.11. The SMILES string of the molecule is COC(c1ccccc1)C(N)Cc1cccc(Br)c1. The van der Waals surface area contributed by atoms with Crippen LogP contribution in [-0.4, -0.2) is 13.2 Å². The van der Waals surface area contributed by atoms with E-state index in [4.69, 9.17) is 10.5 Å². The van der Waals surface area contributed by atoms with Gasteiger partial charge < -0.3 is 10.5 Å². The van der Waals surface area contributed by atoms with Gasteiger partial charge in [0.15, 0.2) is 0 Å². The van der Waals surface area contributed by atoms with Crippen molar-refractivity contribution in [3.8, 4) is 0 Å². The number of nitrogens with two attached hydrogens (primary N) is 1. The highest BCUT2D eigenvalue weighted by Gasteiger charge is 2.19. The first-order valence-electron chi connectivity index (χ1n) is 6.28. The summed E-state index contributed by atoms with van der Waals surface area (Å²) in [7, 11) is 1.71. The zero-order chi connectivity index (χ0) is 13.7. The van der Waals surface area contributed by atoms with Crippen molar-refractivity contribution in [3.63, 3.8) is 0 Å². The van der Waals surface area contributed by atoms with Gasteiger partial charge in [-0.05, 0) is 29.7 Å². The summed E-state index contributed by atoms with van der Waals surface area (Å²) in [5.41, 5.74) is 8.63. The minimum absolute atomic E-state index is 0.0679. The maximum Gasteiger partial charge on any atom is 0.0975 e. The fraction of sp³-hybridized carbons (Fsp3) is 0.250. The molecule has 100 valence electrons. The molecule has 0 saturated carbocycles. The summed E-state index contributed by atoms with van der Waals surface area (Å²) < 4.78 is 6.64. The Bertz CT molecular complexity index is 515. The third-order valence-corrected chi connectivity index (χ3v) is 3.62. The van der Waals surface area contributed by atoms with Gasteiger partial charge in [-0.25, -0.2) is 0 Å². The lowest BCUT2D eigenvalue weighted by atomic mass is 9.97. The molecule has 0 fully saturated rings. The second-order valence-electron chi connectivity index (χ2n) is 4.56. The Hall–Kier alpha value is -1.16. The van der Waals surface area contributed by atoms with Crippen molar-refractivity contribution in [2.45, 2.75) is 18.6 Å². The summed E-state index contributed by atoms with van der Waals surface area (Å²) in [5.74, 6) is 0. The lowest BCUT2D eigenvalue weighted by Crippen LogP contribution is -2.31. The van der Waals surface area contributed by atoms with Crippen molar-refractivity contribution in [2.24, 2.45) is 5.73 Å². The van der Waals surface area contributed by atoms with Crippen LogP contribution in [0.3, 0.4) is 0 Å². The van der Waals surface area contributed by atoms with Crippen LogP contribution in [0.15, 0.2) is 59.1 Å². The minimum Gasteiger partial charge on any atom is -0.375 e. The number of halogens is 1. The van der Waals surface area contributed by atoms with E-state index in [1.165, 1.54) is 5.56 Å². The third-order valence-electron chi connectivity index (χ3n) is 3.13. The first-order chi connectivity index (χ1) is 9.20. The molecular weight excluding hydrogens is 302 g/mol. The Morgan fingerprint density at radius 2 is 1.84 bits per heavy atom. The van der Waals surface area contributed by atoms with Gasteiger partial charge in [0.25, 0.3) is 0 Å². The van der Waals surface area contributed by atoms with E-state index in [0.717, 1.165) is 16.5 Å². The number of hydrogen-bond donors (Lipinski definition) is 1. The molecule has 2 rings (SSSR count). The van der Waals surface area contributed by atoms with E-state index in [0.29, 0.717) is 0 Å². The fourth-order valence-electron chi connectivity index (χ4n) is 2.24. The van der Waals surface area contributed by atoms with Crippen molar-refractivity contribution >= 4 is 15.9 Å². The summed E-state index contributed by atoms with van der Waals surface area (Å²) >= 11 is 3.48. The van der Waals surface area contributed by atoms with Crippen LogP contribution < -0.4 is 5.73 Å². The van der Waals surface area contributed by atoms with E-state index in [-0.39, 0.29) is 12.1 Å². The fourth-order valence-corrected chi connectivity index (χ4v) is 2.69. The number of hydrogen-bond acceptors (Lipinski definition) is 2. The van der Waals surface area contributed by atoms with Gasteiger partial charge in [-0.1, -0.05) is 58.4 Å². The first kappa shape index (κ1) is 14.3. The van der Waals surface area contributed by atoms with Crippen LogP contribution in [0.2, 0.25) is 0 Å². The Morgan fingerprint density at radius 3 is 2.47 bits per heavy atom. The zero-order valence-electron chi connectivity index (χ0n) is 10.9. The maximum absolute atomic E-state index is 6.30. The second kappa shape index (κ2) is 6.85. The molecule has 0 radical (unpaired) electrons. The van der Waals surface area contributed by atoms with Crippen molar-refractivity contribution in [2.75, 3.05) is 7.11 Å². The van der Waals surface area contributed by atoms with E-state index in [2.05, 4.69) is 40.2 Å². The maximum atomic E-state index is 6.30. The van der Waals surface area contributed by atoms with Crippen molar-refractivity contribution in [1.82, 2.24) is 0 Å². The molecule has 2 aromatic rings. The Kier molecular flexibility index (Phi) is 5.14. The van der Waals surface area contributed by atoms with E-state index in [1.54, 1.807) is 7.11 Å². The normalized spacial score (nSPS) is 14.1. The number of methoxy groups -OCH3 is 1. The first-order valence-corrected chi connectivity index (χ1v) is 7.08. The predicted molar refractivity (Wildman–Crippen MR) is 82.0 cm³/mol. The average molecular weight is 320 g/mol. The van der Waals surface area contributed by atoms with E-state index in [9.17, 15) is 0 Å². The largest absolute Gasteiger partial charge is 0.375 e. The van der Waals surface area contributed by atoms with Crippen LogP contribution in [0, 0.1) is 0 Å². The van der Waals surface area contributed by atoms with Crippen LogP contribution in [0.25, 0.3) is 0 Å². The Morgan fingerprint density at radius 1 is 1.11 bits per heavy atom. The lowest BCUT2D eigenvalue weighted by molar-refractivity contribution is 0.0803. The predicted octanol–water partition coefficient (Wildman–Crippen LogP) is 3.71. The number of rotatable bonds is 5. The molecule has 0 aliphatic rings. The molecule has 0 saturated heterocycles. The molecule has 0 bridgehead atoms. The molecule has 2 unspecified atom stereocenters. The van der Waals surface area contributed by atoms with Crippen LogP contribution >= 0.6 is 15.9 Å². The highest BCUT2D eigenvalue weighted by Crippen LogP contribution is 2.22. The molecule has 2 aromatic carbocycles. The van der Waals surface area contributed by atoms with E-state index < -0.39 is 0 Å². The summed E-state index contributed by atoms with van der Waals surface area (Å²) in [6, 6.07) is 18.3. The molecule has 19 heavy (non-hydrogen) atoms. The van der Waals surface area contributed by atoms with Crippen LogP contribution in [0.4, 0.5) is 0 Å². The van der Waals surface area contributed by atoms with Gasteiger partial charge >= 0.3 is 0 Å². The summed E-state index contributed by atoms with van der Waals surface area (Å²) in [4.78, 5) is 0. The number of ether oxygens (including phenoxy) is 1. The van der Waals surface area contributed by atoms with Crippen LogP contribution in [-0.2, 0) is 11.2 Å². The highest BCUT2D eigenvalue weighted by atomic mass is 79.9. The van der Waals surface area contributed by atoms with Crippen molar-refractivity contribution < 1.29 is 4.74 Å². The summed E-state index contributed by atoms with van der Waals surface area (Å²) in [6.45, 7) is 0. The summed E-state index contributed by atoms with van der Waals surface area (Å²) in [5, 5.41) is 0. The van der Waals surface area contributed by atoms with Gasteiger partial charge in [-0.3, -0.25) is 0 Å². The molecule has 2 N–H and O–H groups in total. The lowest BCUT2D eigenvalue weighted by Gasteiger charge is -2.23. The second-order valence-corrected chi connectivity index (χ2v) is 5.48. The van der Waals surface area contributed by atoms with E-state index in [1.807, 2.05) is 30.3 Å². The molecule has 0 aliphatic heterocycles. The minimum atomic E-state index is -0.0832. The van der Waals surface area contributed by atoms with Gasteiger partial charge in [0, 0.05) is 17.6 Å². The van der Waals surface area contributed by atoms with Gasteiger partial charge in [0.1, 0.15) is 0 Å². The van der Waals surface area contributed by atoms with E-state index >= 15 is 0 Å². The van der Waals surface area contributed by atoms with Gasteiger partial charge in [0.2, 0.25) is 0 Å². The van der Waals surface area contributed by atoms with Crippen molar-refractivity contribution in [1.29, 1.82) is 0 Å². The quantitative estimate of drug-likeness (QED) is 0.911. The van der Waals surface area contributed by atoms with Gasteiger partial charge in [-0.15, -0.1) is 0 Å². The molecule has 2 atom stereocenters. The summed E-state index contributed by atoms with van der Waals surface area (Å²) in [6.07, 6.45) is 0.701. The smallest absolute Gasteiger partial charge is 0.0975 e. The molecule has 2 nitrogen and oxygen atoms in total. The van der Waals surface area contributed by atoms with Crippen molar-refractivity contribution in [3.05, 3.63) is 70.2 Å². The Labute approximate surface area is 122 Å². The standard InChI is InChI=1S/C16H18BrNO/c1-19-16(13-7-3-2-4-8-13)15(18)11-12-6-5-9-14(17)10-12/h2-10,15-16H,11,18H2,1H3. The average Bonchev–Trinajstić information content (AvgIpc) is 2.41.